The maximum atomic E-state index is 13.1. The van der Waals surface area contributed by atoms with Crippen molar-refractivity contribution in [1.29, 1.82) is 0 Å². The van der Waals surface area contributed by atoms with Crippen LogP contribution in [0.15, 0.2) is 65.0 Å². The Labute approximate surface area is 226 Å². The highest BCUT2D eigenvalue weighted by molar-refractivity contribution is 7.92. The summed E-state index contributed by atoms with van der Waals surface area (Å²) >= 11 is 1.26. The fourth-order valence-corrected chi connectivity index (χ4v) is 7.17. The molecule has 1 heterocycles. The number of hydrogen-bond donors (Lipinski definition) is 2. The second-order valence-corrected chi connectivity index (χ2v) is 13.1. The van der Waals surface area contributed by atoms with E-state index < -0.39 is 16.0 Å². The van der Waals surface area contributed by atoms with E-state index in [1.54, 1.807) is 0 Å². The molecule has 1 fully saturated rings. The van der Waals surface area contributed by atoms with Gasteiger partial charge >= 0.3 is 5.97 Å². The van der Waals surface area contributed by atoms with Gasteiger partial charge in [0.1, 0.15) is 10.8 Å². The van der Waals surface area contributed by atoms with Gasteiger partial charge < -0.3 is 9.84 Å². The first-order chi connectivity index (χ1) is 18.0. The van der Waals surface area contributed by atoms with Crippen molar-refractivity contribution in [1.82, 2.24) is 4.98 Å². The molecule has 0 unspecified atom stereocenters. The van der Waals surface area contributed by atoms with Crippen LogP contribution in [0.4, 0.5) is 5.69 Å². The van der Waals surface area contributed by atoms with Crippen LogP contribution in [0.3, 0.4) is 0 Å². The Balaban J connectivity index is 1.39. The number of carboxylic acid groups (broad SMARTS) is 1. The molecule has 3 aromatic carbocycles. The van der Waals surface area contributed by atoms with Gasteiger partial charge in [-0.2, -0.15) is 8.42 Å². The zero-order valence-electron chi connectivity index (χ0n) is 21.5. The first-order valence-electron chi connectivity index (χ1n) is 12.5. The van der Waals surface area contributed by atoms with Crippen molar-refractivity contribution in [3.05, 3.63) is 71.1 Å². The average molecular weight is 551 g/mol. The molecule has 1 aromatic heterocycles. The van der Waals surface area contributed by atoms with E-state index in [-0.39, 0.29) is 22.0 Å². The van der Waals surface area contributed by atoms with Crippen LogP contribution in [-0.2, 0) is 10.0 Å². The minimum Gasteiger partial charge on any atom is -0.495 e. The zero-order valence-corrected chi connectivity index (χ0v) is 23.2. The number of aromatic carboxylic acids is 1. The van der Waals surface area contributed by atoms with Crippen molar-refractivity contribution >= 4 is 43.8 Å². The number of carboxylic acids is 1. The van der Waals surface area contributed by atoms with Crippen LogP contribution in [0.5, 0.6) is 5.75 Å². The standard InChI is InChI=1S/C29H30N2O5S2/c1-29(2)12-10-19(11-13-29)20-6-4-18-5-7-21(15-23(18)14-20)27-30-26(17-37-27)38(34,35)31-24-9-8-22(28(32)33)16-25(24)36-3/h4-9,14-17,19,31H,10-13H2,1-3H3,(H,32,33). The van der Waals surface area contributed by atoms with E-state index in [0.29, 0.717) is 16.3 Å². The second-order valence-electron chi connectivity index (χ2n) is 10.6. The molecular weight excluding hydrogens is 520 g/mol. The molecule has 1 aliphatic rings. The number of anilines is 1. The summed E-state index contributed by atoms with van der Waals surface area (Å²) in [5, 5.41) is 13.4. The van der Waals surface area contributed by atoms with E-state index >= 15 is 0 Å². The lowest BCUT2D eigenvalue weighted by molar-refractivity contribution is 0.0696. The molecule has 7 nitrogen and oxygen atoms in total. The quantitative estimate of drug-likeness (QED) is 0.253. The monoisotopic (exact) mass is 550 g/mol. The van der Waals surface area contributed by atoms with Crippen molar-refractivity contribution in [3.63, 3.8) is 0 Å². The zero-order chi connectivity index (χ0) is 27.1. The molecule has 0 spiro atoms. The number of ether oxygens (including phenoxy) is 1. The molecule has 0 aliphatic heterocycles. The lowest BCUT2D eigenvalue weighted by Crippen LogP contribution is -2.20. The highest BCUT2D eigenvalue weighted by Gasteiger charge is 2.27. The fraction of sp³-hybridized carbons (Fsp3) is 0.310. The van der Waals surface area contributed by atoms with Crippen molar-refractivity contribution in [3.8, 4) is 16.3 Å². The number of carbonyl (C=O) groups is 1. The summed E-state index contributed by atoms with van der Waals surface area (Å²) in [6.45, 7) is 4.69. The normalized spacial score (nSPS) is 15.9. The molecule has 4 aromatic rings. The van der Waals surface area contributed by atoms with Crippen LogP contribution < -0.4 is 9.46 Å². The number of nitrogens with zero attached hydrogens (tertiary/aromatic N) is 1. The first-order valence-corrected chi connectivity index (χ1v) is 14.8. The van der Waals surface area contributed by atoms with Crippen LogP contribution in [0.25, 0.3) is 21.3 Å². The number of nitrogens with one attached hydrogen (secondary N) is 1. The summed E-state index contributed by atoms with van der Waals surface area (Å²) in [4.78, 5) is 15.6. The number of benzene rings is 3. The smallest absolute Gasteiger partial charge is 0.335 e. The van der Waals surface area contributed by atoms with Gasteiger partial charge in [-0.25, -0.2) is 9.78 Å². The minimum atomic E-state index is -4.02. The highest BCUT2D eigenvalue weighted by atomic mass is 32.2. The minimum absolute atomic E-state index is 0.00692. The van der Waals surface area contributed by atoms with E-state index in [1.165, 1.54) is 73.3 Å². The molecule has 38 heavy (non-hydrogen) atoms. The van der Waals surface area contributed by atoms with Gasteiger partial charge in [0.2, 0.25) is 0 Å². The largest absolute Gasteiger partial charge is 0.495 e. The molecule has 1 aliphatic carbocycles. The van der Waals surface area contributed by atoms with E-state index in [9.17, 15) is 18.3 Å². The predicted molar refractivity (Wildman–Crippen MR) is 151 cm³/mol. The molecule has 1 saturated carbocycles. The number of thiazole rings is 1. The molecule has 0 bridgehead atoms. The number of methoxy groups -OCH3 is 1. The molecule has 0 amide bonds. The number of aromatic nitrogens is 1. The van der Waals surface area contributed by atoms with Gasteiger partial charge in [0.15, 0.2) is 5.03 Å². The maximum Gasteiger partial charge on any atom is 0.335 e. The summed E-state index contributed by atoms with van der Waals surface area (Å²) in [6.07, 6.45) is 4.86. The Morgan fingerprint density at radius 1 is 1.05 bits per heavy atom. The Morgan fingerprint density at radius 2 is 1.79 bits per heavy atom. The van der Waals surface area contributed by atoms with Gasteiger partial charge in [-0.15, -0.1) is 11.3 Å². The van der Waals surface area contributed by atoms with Gasteiger partial charge in [-0.3, -0.25) is 4.72 Å². The topological polar surface area (TPSA) is 106 Å². The molecule has 2 N–H and O–H groups in total. The Bertz CT molecular complexity index is 1620. The van der Waals surface area contributed by atoms with Crippen LogP contribution in [0.2, 0.25) is 0 Å². The van der Waals surface area contributed by atoms with Gasteiger partial charge in [0.05, 0.1) is 18.4 Å². The molecule has 9 heteroatoms. The number of rotatable bonds is 7. The molecular formula is C29H30N2O5S2. The average Bonchev–Trinajstić information content (AvgIpc) is 3.39. The third-order valence-corrected chi connectivity index (χ3v) is 9.66. The summed E-state index contributed by atoms with van der Waals surface area (Å²) in [6, 6.07) is 16.7. The third-order valence-electron chi connectivity index (χ3n) is 7.37. The molecule has 198 valence electrons. The van der Waals surface area contributed by atoms with E-state index in [4.69, 9.17) is 4.74 Å². The first kappa shape index (κ1) is 26.2. The Hall–Kier alpha value is -3.43. The number of sulfonamides is 1. The van der Waals surface area contributed by atoms with E-state index in [0.717, 1.165) is 16.3 Å². The summed E-state index contributed by atoms with van der Waals surface area (Å²) in [7, 11) is -2.67. The Morgan fingerprint density at radius 3 is 2.50 bits per heavy atom. The van der Waals surface area contributed by atoms with Gasteiger partial charge in [-0.05, 0) is 77.6 Å². The highest BCUT2D eigenvalue weighted by Crippen LogP contribution is 2.43. The second kappa shape index (κ2) is 10.0. The summed E-state index contributed by atoms with van der Waals surface area (Å²) in [5.41, 5.74) is 2.77. The lowest BCUT2D eigenvalue weighted by atomic mass is 9.71. The lowest BCUT2D eigenvalue weighted by Gasteiger charge is -2.34. The molecule has 0 saturated heterocycles. The van der Waals surface area contributed by atoms with Crippen molar-refractivity contribution in [2.24, 2.45) is 5.41 Å². The van der Waals surface area contributed by atoms with Crippen molar-refractivity contribution < 1.29 is 23.1 Å². The van der Waals surface area contributed by atoms with E-state index in [1.807, 2.05) is 12.1 Å². The fourth-order valence-electron chi connectivity index (χ4n) is 5.01. The van der Waals surface area contributed by atoms with Crippen molar-refractivity contribution in [2.45, 2.75) is 50.5 Å². The summed E-state index contributed by atoms with van der Waals surface area (Å²) in [5.74, 6) is -0.455. The van der Waals surface area contributed by atoms with Crippen LogP contribution >= 0.6 is 11.3 Å². The third kappa shape index (κ3) is 5.39. The predicted octanol–water partition coefficient (Wildman–Crippen LogP) is 7.15. The van der Waals surface area contributed by atoms with Crippen LogP contribution in [0.1, 0.15) is 61.4 Å². The molecule has 0 atom stereocenters. The van der Waals surface area contributed by atoms with E-state index in [2.05, 4.69) is 47.8 Å². The summed E-state index contributed by atoms with van der Waals surface area (Å²) < 4.78 is 33.8. The van der Waals surface area contributed by atoms with Crippen molar-refractivity contribution in [2.75, 3.05) is 11.8 Å². The number of hydrogen-bond acceptors (Lipinski definition) is 6. The Kier molecular flexibility index (Phi) is 6.92. The SMILES string of the molecule is COc1cc(C(=O)O)ccc1NS(=O)(=O)c1csc(-c2ccc3ccc(C4CCC(C)(C)CC4)cc3c2)n1. The molecule has 5 rings (SSSR count). The van der Waals surface area contributed by atoms with Gasteiger partial charge in [-0.1, -0.05) is 44.2 Å². The van der Waals surface area contributed by atoms with Gasteiger partial charge in [0, 0.05) is 10.9 Å². The van der Waals surface area contributed by atoms with Gasteiger partial charge in [0.25, 0.3) is 10.0 Å². The molecule has 0 radical (unpaired) electrons. The maximum absolute atomic E-state index is 13.1. The van der Waals surface area contributed by atoms with Crippen LogP contribution in [0, 0.1) is 5.41 Å². The van der Waals surface area contributed by atoms with Crippen LogP contribution in [-0.4, -0.2) is 31.6 Å². The number of fused-ring (bicyclic) bond motifs is 1.